The number of hydrogen-bond acceptors (Lipinski definition) is 3. The van der Waals surface area contributed by atoms with Gasteiger partial charge >= 0.3 is 0 Å². The Bertz CT molecular complexity index is 743. The quantitative estimate of drug-likeness (QED) is 0.785. The maximum Gasteiger partial charge on any atom is 0.209 e. The molecule has 1 atom stereocenters. The van der Waals surface area contributed by atoms with Gasteiger partial charge in [0, 0.05) is 24.6 Å². The van der Waals surface area contributed by atoms with Crippen LogP contribution < -0.4 is 0 Å². The summed E-state index contributed by atoms with van der Waals surface area (Å²) in [6.07, 6.45) is 5.42. The van der Waals surface area contributed by atoms with Crippen molar-refractivity contribution < 1.29 is 9.00 Å². The van der Waals surface area contributed by atoms with Crippen LogP contribution in [0.4, 0.5) is 0 Å². The van der Waals surface area contributed by atoms with E-state index in [0.717, 1.165) is 15.5 Å². The normalized spacial score (nSPS) is 13.2. The molecule has 0 radical (unpaired) electrons. The zero-order chi connectivity index (χ0) is 16.3. The standard InChI is InChI=1S/C17H19NO2S2/c1-12-5-7-13(8-6-12)17(19)15-10-9-14(18(15)2)11-16(21-3)22(4)20/h5-11H,1-4H3/b16-11+/t22-/m1/s1. The van der Waals surface area contributed by atoms with E-state index in [0.29, 0.717) is 11.3 Å². The van der Waals surface area contributed by atoms with Crippen LogP contribution >= 0.6 is 11.8 Å². The molecule has 0 amide bonds. The molecule has 0 saturated heterocycles. The molecule has 116 valence electrons. The highest BCUT2D eigenvalue weighted by atomic mass is 32.2. The topological polar surface area (TPSA) is 39.1 Å². The average molecular weight is 333 g/mol. The van der Waals surface area contributed by atoms with E-state index in [9.17, 15) is 9.00 Å². The van der Waals surface area contributed by atoms with Crippen LogP contribution in [-0.2, 0) is 17.8 Å². The van der Waals surface area contributed by atoms with E-state index in [1.807, 2.05) is 67.3 Å². The van der Waals surface area contributed by atoms with Gasteiger partial charge in [0.15, 0.2) is 0 Å². The van der Waals surface area contributed by atoms with Crippen molar-refractivity contribution in [1.82, 2.24) is 4.57 Å². The summed E-state index contributed by atoms with van der Waals surface area (Å²) in [4.78, 5) is 12.6. The molecule has 0 N–H and O–H groups in total. The molecule has 1 heterocycles. The molecule has 3 nitrogen and oxygen atoms in total. The molecule has 2 rings (SSSR count). The van der Waals surface area contributed by atoms with E-state index in [1.165, 1.54) is 11.8 Å². The SMILES string of the molecule is CS/C(=C\c1ccc(C(=O)c2ccc(C)cc2)n1C)[S@@](C)=O. The first-order chi connectivity index (χ1) is 10.4. The van der Waals surface area contributed by atoms with Gasteiger partial charge in [0.2, 0.25) is 5.78 Å². The minimum atomic E-state index is -1.03. The molecule has 0 aliphatic heterocycles. The van der Waals surface area contributed by atoms with Crippen molar-refractivity contribution in [3.63, 3.8) is 0 Å². The second kappa shape index (κ2) is 7.11. The van der Waals surface area contributed by atoms with Gasteiger partial charge in [-0.15, -0.1) is 11.8 Å². The first-order valence-electron chi connectivity index (χ1n) is 6.80. The molecule has 5 heteroatoms. The first-order valence-corrected chi connectivity index (χ1v) is 9.58. The molecule has 0 aliphatic rings. The predicted molar refractivity (Wildman–Crippen MR) is 95.6 cm³/mol. The fraction of sp³-hybridized carbons (Fsp3) is 0.235. The largest absolute Gasteiger partial charge is 0.341 e. The number of nitrogens with zero attached hydrogens (tertiary/aromatic N) is 1. The summed E-state index contributed by atoms with van der Waals surface area (Å²) >= 11 is 1.46. The molecule has 0 aliphatic carbocycles. The van der Waals surface area contributed by atoms with Gasteiger partial charge in [-0.3, -0.25) is 9.00 Å². The molecule has 1 aromatic heterocycles. The van der Waals surface area contributed by atoms with E-state index in [1.54, 1.807) is 6.26 Å². The van der Waals surface area contributed by atoms with Gasteiger partial charge in [0.05, 0.1) is 20.7 Å². The van der Waals surface area contributed by atoms with Gasteiger partial charge in [-0.1, -0.05) is 29.8 Å². The van der Waals surface area contributed by atoms with Gasteiger partial charge in [-0.2, -0.15) is 0 Å². The number of hydrogen-bond donors (Lipinski definition) is 0. The smallest absolute Gasteiger partial charge is 0.209 e. The number of aryl methyl sites for hydroxylation is 1. The molecule has 0 unspecified atom stereocenters. The Hall–Kier alpha value is -1.59. The summed E-state index contributed by atoms with van der Waals surface area (Å²) in [6, 6.07) is 11.2. The molecule has 0 spiro atoms. The Morgan fingerprint density at radius 3 is 2.36 bits per heavy atom. The van der Waals surface area contributed by atoms with E-state index in [4.69, 9.17) is 0 Å². The molecule has 0 saturated carbocycles. The van der Waals surface area contributed by atoms with Crippen LogP contribution in [0, 0.1) is 6.92 Å². The summed E-state index contributed by atoms with van der Waals surface area (Å²) in [7, 11) is 0.825. The highest BCUT2D eigenvalue weighted by Gasteiger charge is 2.14. The Balaban J connectivity index is 2.37. The van der Waals surface area contributed by atoms with Crippen molar-refractivity contribution in [2.24, 2.45) is 7.05 Å². The maximum absolute atomic E-state index is 12.6. The predicted octanol–water partition coefficient (Wildman–Crippen LogP) is 3.60. The van der Waals surface area contributed by atoms with Crippen LogP contribution in [-0.4, -0.2) is 27.1 Å². The van der Waals surface area contributed by atoms with Crippen LogP contribution in [0.3, 0.4) is 0 Å². The lowest BCUT2D eigenvalue weighted by atomic mass is 10.1. The Morgan fingerprint density at radius 1 is 1.18 bits per heavy atom. The highest BCUT2D eigenvalue weighted by molar-refractivity contribution is 8.16. The van der Waals surface area contributed by atoms with Gasteiger partial charge in [0.1, 0.15) is 0 Å². The lowest BCUT2D eigenvalue weighted by Gasteiger charge is -2.06. The van der Waals surface area contributed by atoms with E-state index >= 15 is 0 Å². The third-order valence-electron chi connectivity index (χ3n) is 3.46. The van der Waals surface area contributed by atoms with Crippen molar-refractivity contribution in [1.29, 1.82) is 0 Å². The number of thioether (sulfide) groups is 1. The summed E-state index contributed by atoms with van der Waals surface area (Å²) in [5.74, 6) is -0.00882. The molecular formula is C17H19NO2S2. The highest BCUT2D eigenvalue weighted by Crippen LogP contribution is 2.21. The van der Waals surface area contributed by atoms with Gasteiger partial charge in [-0.05, 0) is 31.4 Å². The van der Waals surface area contributed by atoms with E-state index in [-0.39, 0.29) is 5.78 Å². The van der Waals surface area contributed by atoms with Gasteiger partial charge < -0.3 is 4.57 Å². The number of ketones is 1. The van der Waals surface area contributed by atoms with Crippen molar-refractivity contribution in [3.8, 4) is 0 Å². The molecule has 22 heavy (non-hydrogen) atoms. The molecular weight excluding hydrogens is 314 g/mol. The molecule has 1 aromatic carbocycles. The van der Waals surface area contributed by atoms with E-state index in [2.05, 4.69) is 0 Å². The zero-order valence-electron chi connectivity index (χ0n) is 13.1. The molecule has 2 aromatic rings. The monoisotopic (exact) mass is 333 g/mol. The minimum Gasteiger partial charge on any atom is -0.341 e. The summed E-state index contributed by atoms with van der Waals surface area (Å²) < 4.78 is 14.3. The third kappa shape index (κ3) is 3.59. The van der Waals surface area contributed by atoms with Crippen molar-refractivity contribution in [2.75, 3.05) is 12.5 Å². The number of carbonyl (C=O) groups excluding carboxylic acids is 1. The van der Waals surface area contributed by atoms with Gasteiger partial charge in [-0.25, -0.2) is 0 Å². The minimum absolute atomic E-state index is 0.00882. The summed E-state index contributed by atoms with van der Waals surface area (Å²) in [6.45, 7) is 1.99. The number of benzene rings is 1. The van der Waals surface area contributed by atoms with Crippen LogP contribution in [0.1, 0.15) is 27.3 Å². The Morgan fingerprint density at radius 2 is 1.82 bits per heavy atom. The lowest BCUT2D eigenvalue weighted by molar-refractivity contribution is 0.103. The van der Waals surface area contributed by atoms with E-state index < -0.39 is 10.8 Å². The van der Waals surface area contributed by atoms with Crippen molar-refractivity contribution in [3.05, 3.63) is 63.2 Å². The number of rotatable bonds is 5. The fourth-order valence-corrected chi connectivity index (χ4v) is 3.60. The maximum atomic E-state index is 12.6. The fourth-order valence-electron chi connectivity index (χ4n) is 2.13. The average Bonchev–Trinajstić information content (AvgIpc) is 2.85. The van der Waals surface area contributed by atoms with Crippen LogP contribution in [0.5, 0.6) is 0 Å². The van der Waals surface area contributed by atoms with Crippen molar-refractivity contribution in [2.45, 2.75) is 6.92 Å². The summed E-state index contributed by atoms with van der Waals surface area (Å²) in [5, 5.41) is 0. The second-order valence-corrected chi connectivity index (χ2v) is 7.47. The number of aromatic nitrogens is 1. The lowest BCUT2D eigenvalue weighted by Crippen LogP contribution is -2.08. The van der Waals surface area contributed by atoms with Gasteiger partial charge in [0.25, 0.3) is 0 Å². The second-order valence-electron chi connectivity index (χ2n) is 5.02. The summed E-state index contributed by atoms with van der Waals surface area (Å²) in [5.41, 5.74) is 3.29. The van der Waals surface area contributed by atoms with Crippen LogP contribution in [0.2, 0.25) is 0 Å². The van der Waals surface area contributed by atoms with Crippen LogP contribution in [0.25, 0.3) is 6.08 Å². The number of carbonyl (C=O) groups is 1. The molecule has 0 fully saturated rings. The molecule has 0 bridgehead atoms. The Kier molecular flexibility index (Phi) is 5.42. The van der Waals surface area contributed by atoms with Crippen molar-refractivity contribution >= 4 is 34.4 Å². The Labute approximate surface area is 137 Å². The van der Waals surface area contributed by atoms with Crippen LogP contribution in [0.15, 0.2) is 40.6 Å². The zero-order valence-corrected chi connectivity index (χ0v) is 14.8. The third-order valence-corrected chi connectivity index (χ3v) is 5.87. The first kappa shape index (κ1) is 16.8.